The molecule has 0 aliphatic carbocycles. The normalized spacial score (nSPS) is 20.0. The largest absolute Gasteiger partial charge is 0.379 e. The van der Waals surface area contributed by atoms with Crippen molar-refractivity contribution in [2.45, 2.75) is 40.2 Å². The summed E-state index contributed by atoms with van der Waals surface area (Å²) < 4.78 is 5.27. The molecule has 0 aromatic carbocycles. The number of hydrogen-bond donors (Lipinski definition) is 1. The molecule has 1 aliphatic heterocycles. The van der Waals surface area contributed by atoms with Crippen LogP contribution in [0.3, 0.4) is 0 Å². The number of urea groups is 1. The van der Waals surface area contributed by atoms with Crippen LogP contribution in [0.2, 0.25) is 0 Å². The molecule has 1 N–H and O–H groups in total. The zero-order chi connectivity index (χ0) is 12.8. The van der Waals surface area contributed by atoms with Crippen molar-refractivity contribution in [1.82, 2.24) is 10.2 Å². The maximum atomic E-state index is 12.1. The van der Waals surface area contributed by atoms with Crippen LogP contribution in [-0.4, -0.2) is 43.3 Å². The molecular formula is C13H26N2O2. The number of carbonyl (C=O) groups is 1. The van der Waals surface area contributed by atoms with Crippen molar-refractivity contribution in [2.24, 2.45) is 11.8 Å². The fourth-order valence-corrected chi connectivity index (χ4v) is 2.04. The van der Waals surface area contributed by atoms with Gasteiger partial charge in [-0.25, -0.2) is 4.79 Å². The second-order valence-electron chi connectivity index (χ2n) is 5.70. The summed E-state index contributed by atoms with van der Waals surface area (Å²) in [6, 6.07) is 0.257. The first-order valence-electron chi connectivity index (χ1n) is 6.62. The van der Waals surface area contributed by atoms with Gasteiger partial charge in [-0.15, -0.1) is 0 Å². The van der Waals surface area contributed by atoms with E-state index in [9.17, 15) is 4.79 Å². The van der Waals surface area contributed by atoms with E-state index in [4.69, 9.17) is 4.74 Å². The van der Waals surface area contributed by atoms with Crippen LogP contribution >= 0.6 is 0 Å². The first-order valence-corrected chi connectivity index (χ1v) is 6.62. The van der Waals surface area contributed by atoms with E-state index in [1.54, 1.807) is 0 Å². The summed E-state index contributed by atoms with van der Waals surface area (Å²) in [5.41, 5.74) is 0. The monoisotopic (exact) mass is 242 g/mol. The number of ether oxygens (including phenoxy) is 1. The number of carbonyl (C=O) groups excluding carboxylic acids is 1. The van der Waals surface area contributed by atoms with Gasteiger partial charge in [-0.3, -0.25) is 0 Å². The summed E-state index contributed by atoms with van der Waals surface area (Å²) >= 11 is 0. The first-order chi connectivity index (χ1) is 7.99. The molecule has 1 aliphatic rings. The minimum Gasteiger partial charge on any atom is -0.379 e. The SMILES string of the molecule is CC(C)CN(CC(C)C)C(=O)NC1CCOC1. The lowest BCUT2D eigenvalue weighted by Crippen LogP contribution is -2.47. The number of hydrogen-bond acceptors (Lipinski definition) is 2. The van der Waals surface area contributed by atoms with Gasteiger partial charge in [0.2, 0.25) is 0 Å². The number of nitrogens with one attached hydrogen (secondary N) is 1. The minimum absolute atomic E-state index is 0.0582. The van der Waals surface area contributed by atoms with Gasteiger partial charge in [0.1, 0.15) is 0 Å². The molecule has 1 atom stereocenters. The standard InChI is InChI=1S/C13H26N2O2/c1-10(2)7-15(8-11(3)4)13(16)14-12-5-6-17-9-12/h10-12H,5-9H2,1-4H3,(H,14,16). The van der Waals surface area contributed by atoms with Crippen LogP contribution in [0.1, 0.15) is 34.1 Å². The molecule has 0 aromatic heterocycles. The summed E-state index contributed by atoms with van der Waals surface area (Å²) in [5, 5.41) is 3.05. The summed E-state index contributed by atoms with van der Waals surface area (Å²) in [6.07, 6.45) is 0.933. The molecule has 0 bridgehead atoms. The van der Waals surface area contributed by atoms with Gasteiger partial charge in [0.15, 0.2) is 0 Å². The Morgan fingerprint density at radius 3 is 2.29 bits per heavy atom. The summed E-state index contributed by atoms with van der Waals surface area (Å²) in [7, 11) is 0. The topological polar surface area (TPSA) is 41.6 Å². The van der Waals surface area contributed by atoms with Gasteiger partial charge in [-0.2, -0.15) is 0 Å². The van der Waals surface area contributed by atoms with Crippen LogP contribution in [0.5, 0.6) is 0 Å². The highest BCUT2D eigenvalue weighted by Gasteiger charge is 2.22. The highest BCUT2D eigenvalue weighted by atomic mass is 16.5. The van der Waals surface area contributed by atoms with Crippen molar-refractivity contribution < 1.29 is 9.53 Å². The molecule has 1 rings (SSSR count). The third-order valence-corrected chi connectivity index (χ3v) is 2.72. The van der Waals surface area contributed by atoms with Crippen LogP contribution < -0.4 is 5.32 Å². The Morgan fingerprint density at radius 1 is 1.29 bits per heavy atom. The predicted molar refractivity (Wildman–Crippen MR) is 69.0 cm³/mol. The number of amides is 2. The Labute approximate surface area is 105 Å². The molecule has 0 aromatic rings. The first kappa shape index (κ1) is 14.3. The Bertz CT molecular complexity index is 226. The molecular weight excluding hydrogens is 216 g/mol. The molecule has 1 heterocycles. The third-order valence-electron chi connectivity index (χ3n) is 2.72. The lowest BCUT2D eigenvalue weighted by Gasteiger charge is -2.27. The van der Waals surface area contributed by atoms with Crippen molar-refractivity contribution in [3.05, 3.63) is 0 Å². The molecule has 1 unspecified atom stereocenters. The molecule has 4 nitrogen and oxygen atoms in total. The Balaban J connectivity index is 2.45. The smallest absolute Gasteiger partial charge is 0.317 e. The van der Waals surface area contributed by atoms with E-state index in [1.165, 1.54) is 0 Å². The predicted octanol–water partition coefficient (Wildman–Crippen LogP) is 2.10. The fraction of sp³-hybridized carbons (Fsp3) is 0.923. The van der Waals surface area contributed by atoms with Crippen LogP contribution in [0.15, 0.2) is 0 Å². The minimum atomic E-state index is 0.0582. The quantitative estimate of drug-likeness (QED) is 0.802. The summed E-state index contributed by atoms with van der Waals surface area (Å²) in [5.74, 6) is 0.999. The molecule has 0 saturated carbocycles. The molecule has 0 radical (unpaired) electrons. The van der Waals surface area contributed by atoms with Crippen molar-refractivity contribution >= 4 is 6.03 Å². The van der Waals surface area contributed by atoms with Crippen LogP contribution in [-0.2, 0) is 4.74 Å². The maximum absolute atomic E-state index is 12.1. The second kappa shape index (κ2) is 6.84. The third kappa shape index (κ3) is 5.39. The van der Waals surface area contributed by atoms with Gasteiger partial charge in [-0.1, -0.05) is 27.7 Å². The number of nitrogens with zero attached hydrogens (tertiary/aromatic N) is 1. The molecule has 0 spiro atoms. The Hall–Kier alpha value is -0.770. The van der Waals surface area contributed by atoms with Crippen molar-refractivity contribution in [1.29, 1.82) is 0 Å². The van der Waals surface area contributed by atoms with Crippen molar-refractivity contribution in [3.8, 4) is 0 Å². The van der Waals surface area contributed by atoms with E-state index in [1.807, 2.05) is 4.90 Å². The molecule has 1 saturated heterocycles. The van der Waals surface area contributed by atoms with Gasteiger partial charge < -0.3 is 15.0 Å². The average molecular weight is 242 g/mol. The maximum Gasteiger partial charge on any atom is 0.317 e. The van der Waals surface area contributed by atoms with Crippen molar-refractivity contribution in [2.75, 3.05) is 26.3 Å². The highest BCUT2D eigenvalue weighted by Crippen LogP contribution is 2.07. The van der Waals surface area contributed by atoms with Gasteiger partial charge in [0, 0.05) is 19.7 Å². The lowest BCUT2D eigenvalue weighted by atomic mass is 10.1. The van der Waals surface area contributed by atoms with Crippen molar-refractivity contribution in [3.63, 3.8) is 0 Å². The fourth-order valence-electron chi connectivity index (χ4n) is 2.04. The molecule has 17 heavy (non-hydrogen) atoms. The van der Waals surface area contributed by atoms with Crippen LogP contribution in [0.4, 0.5) is 4.79 Å². The van der Waals surface area contributed by atoms with Gasteiger partial charge >= 0.3 is 6.03 Å². The summed E-state index contributed by atoms with van der Waals surface area (Å²) in [4.78, 5) is 14.1. The summed E-state index contributed by atoms with van der Waals surface area (Å²) in [6.45, 7) is 11.6. The zero-order valence-electron chi connectivity index (χ0n) is 11.5. The van der Waals surface area contributed by atoms with E-state index in [-0.39, 0.29) is 12.1 Å². The highest BCUT2D eigenvalue weighted by molar-refractivity contribution is 5.74. The van der Waals surface area contributed by atoms with E-state index in [0.29, 0.717) is 18.4 Å². The lowest BCUT2D eigenvalue weighted by molar-refractivity contribution is 0.170. The van der Waals surface area contributed by atoms with E-state index in [2.05, 4.69) is 33.0 Å². The van der Waals surface area contributed by atoms with E-state index < -0.39 is 0 Å². The average Bonchev–Trinajstić information content (AvgIpc) is 2.67. The zero-order valence-corrected chi connectivity index (χ0v) is 11.5. The van der Waals surface area contributed by atoms with Crippen LogP contribution in [0.25, 0.3) is 0 Å². The Morgan fingerprint density at radius 2 is 1.88 bits per heavy atom. The molecule has 4 heteroatoms. The molecule has 100 valence electrons. The van der Waals surface area contributed by atoms with E-state index >= 15 is 0 Å². The Kier molecular flexibility index (Phi) is 5.75. The van der Waals surface area contributed by atoms with Crippen LogP contribution in [0, 0.1) is 11.8 Å². The van der Waals surface area contributed by atoms with E-state index in [0.717, 1.165) is 26.1 Å². The van der Waals surface area contributed by atoms with Gasteiger partial charge in [0.05, 0.1) is 12.6 Å². The van der Waals surface area contributed by atoms with Gasteiger partial charge in [-0.05, 0) is 18.3 Å². The molecule has 1 fully saturated rings. The van der Waals surface area contributed by atoms with Gasteiger partial charge in [0.25, 0.3) is 0 Å². The molecule has 2 amide bonds. The second-order valence-corrected chi connectivity index (χ2v) is 5.70. The number of rotatable bonds is 5.